The minimum Gasteiger partial charge on any atom is -0.463 e. The first kappa shape index (κ1) is 20.8. The number of nitrogens with zero attached hydrogens (tertiary/aromatic N) is 2. The number of rotatable bonds is 6. The van der Waals surface area contributed by atoms with Crippen LogP contribution < -0.4 is 10.1 Å². The molecule has 0 bridgehead atoms. The molecule has 4 N–H and O–H groups in total. The van der Waals surface area contributed by atoms with E-state index < -0.39 is 33.0 Å². The molecule has 1 unspecified atom stereocenters. The van der Waals surface area contributed by atoms with Crippen molar-refractivity contribution in [1.29, 1.82) is 0 Å². The number of carbonyl (C=O) groups is 2. The van der Waals surface area contributed by atoms with E-state index in [0.717, 1.165) is 5.56 Å². The standard InChI is InChI=1S/C16H22N4O6S/c1-15(2,9-10-5-7-11(8-6-10)27(25,26)17-4)12-16(3,13(21)19-18-12)20(24)14(22)23/h5-8,17,24H,9H2,1-4H3,(H,19,21)(H,22,23). The lowest BCUT2D eigenvalue weighted by Crippen LogP contribution is -2.60. The van der Waals surface area contributed by atoms with Crippen molar-refractivity contribution in [1.82, 2.24) is 15.2 Å². The van der Waals surface area contributed by atoms with Crippen LogP contribution in [0.15, 0.2) is 34.3 Å². The third-order valence-corrected chi connectivity index (χ3v) is 6.00. The highest BCUT2D eigenvalue weighted by molar-refractivity contribution is 7.89. The normalized spacial score (nSPS) is 20.2. The van der Waals surface area contributed by atoms with Gasteiger partial charge in [0.1, 0.15) is 0 Å². The van der Waals surface area contributed by atoms with Crippen LogP contribution in [0.5, 0.6) is 0 Å². The van der Waals surface area contributed by atoms with E-state index in [0.29, 0.717) is 6.42 Å². The van der Waals surface area contributed by atoms with Gasteiger partial charge in [-0.25, -0.2) is 23.4 Å². The first-order valence-corrected chi connectivity index (χ1v) is 9.48. The van der Waals surface area contributed by atoms with Gasteiger partial charge in [-0.2, -0.15) is 10.2 Å². The monoisotopic (exact) mass is 398 g/mol. The maximum Gasteiger partial charge on any atom is 0.432 e. The van der Waals surface area contributed by atoms with E-state index in [1.807, 2.05) is 0 Å². The summed E-state index contributed by atoms with van der Waals surface area (Å²) >= 11 is 0. The molecule has 1 aliphatic heterocycles. The number of benzene rings is 1. The highest BCUT2D eigenvalue weighted by Gasteiger charge is 2.55. The number of hydrogen-bond donors (Lipinski definition) is 4. The summed E-state index contributed by atoms with van der Waals surface area (Å²) in [6.07, 6.45) is -1.36. The smallest absolute Gasteiger partial charge is 0.432 e. The largest absolute Gasteiger partial charge is 0.463 e. The van der Waals surface area contributed by atoms with Gasteiger partial charge in [0.2, 0.25) is 10.0 Å². The summed E-state index contributed by atoms with van der Waals surface area (Å²) in [6.45, 7) is 4.77. The van der Waals surface area contributed by atoms with Crippen LogP contribution in [0.25, 0.3) is 0 Å². The summed E-state index contributed by atoms with van der Waals surface area (Å²) < 4.78 is 25.8. The van der Waals surface area contributed by atoms with Gasteiger partial charge in [0.25, 0.3) is 5.91 Å². The molecule has 0 saturated heterocycles. The summed E-state index contributed by atoms with van der Waals surface area (Å²) in [6, 6.07) is 6.15. The van der Waals surface area contributed by atoms with E-state index in [2.05, 4.69) is 15.2 Å². The second-order valence-electron chi connectivity index (χ2n) is 6.98. The second-order valence-corrected chi connectivity index (χ2v) is 8.87. The van der Waals surface area contributed by atoms with E-state index in [-0.39, 0.29) is 15.7 Å². The predicted molar refractivity (Wildman–Crippen MR) is 95.8 cm³/mol. The lowest BCUT2D eigenvalue weighted by molar-refractivity contribution is -0.149. The second kappa shape index (κ2) is 6.91. The van der Waals surface area contributed by atoms with E-state index in [1.54, 1.807) is 26.0 Å². The highest BCUT2D eigenvalue weighted by Crippen LogP contribution is 2.35. The van der Waals surface area contributed by atoms with Gasteiger partial charge in [-0.3, -0.25) is 10.0 Å². The Morgan fingerprint density at radius 1 is 1.33 bits per heavy atom. The molecule has 1 aliphatic rings. The third-order valence-electron chi connectivity index (χ3n) is 4.57. The van der Waals surface area contributed by atoms with Crippen molar-refractivity contribution < 1.29 is 28.3 Å². The Kier molecular flexibility index (Phi) is 5.32. The molecule has 0 radical (unpaired) electrons. The molecule has 0 aliphatic carbocycles. The highest BCUT2D eigenvalue weighted by atomic mass is 32.2. The van der Waals surface area contributed by atoms with Crippen LogP contribution in [-0.2, 0) is 21.2 Å². The summed E-state index contributed by atoms with van der Waals surface area (Å²) in [7, 11) is -2.24. The van der Waals surface area contributed by atoms with Crippen LogP contribution in [-0.4, -0.2) is 54.1 Å². The third kappa shape index (κ3) is 3.66. The van der Waals surface area contributed by atoms with Gasteiger partial charge >= 0.3 is 6.09 Å². The Hall–Kier alpha value is -2.50. The molecule has 1 heterocycles. The van der Waals surface area contributed by atoms with E-state index >= 15 is 0 Å². The molecule has 10 nitrogen and oxygen atoms in total. The van der Waals surface area contributed by atoms with E-state index in [4.69, 9.17) is 5.11 Å². The number of hydroxylamine groups is 2. The molecular formula is C16H22N4O6S. The van der Waals surface area contributed by atoms with Gasteiger partial charge in [0.15, 0.2) is 5.54 Å². The summed E-state index contributed by atoms with van der Waals surface area (Å²) in [5.74, 6) is -0.758. The number of carbonyl (C=O) groups excluding carboxylic acids is 1. The van der Waals surface area contributed by atoms with Gasteiger partial charge in [0.05, 0.1) is 10.6 Å². The maximum absolute atomic E-state index is 12.2. The van der Waals surface area contributed by atoms with Crippen molar-refractivity contribution in [3.8, 4) is 0 Å². The number of amides is 2. The zero-order chi connectivity index (χ0) is 20.6. The number of sulfonamides is 1. The fourth-order valence-electron chi connectivity index (χ4n) is 3.13. The number of hydrogen-bond acceptors (Lipinski definition) is 6. The quantitative estimate of drug-likeness (QED) is 0.411. The topological polar surface area (TPSA) is 148 Å². The molecule has 11 heteroatoms. The first-order chi connectivity index (χ1) is 12.4. The molecule has 1 atom stereocenters. The van der Waals surface area contributed by atoms with Crippen molar-refractivity contribution >= 4 is 27.7 Å². The Morgan fingerprint density at radius 3 is 2.37 bits per heavy atom. The Bertz CT molecular complexity index is 894. The fourth-order valence-corrected chi connectivity index (χ4v) is 3.86. The molecule has 0 saturated carbocycles. The average Bonchev–Trinajstić information content (AvgIpc) is 2.91. The number of hydrazone groups is 1. The van der Waals surface area contributed by atoms with Crippen molar-refractivity contribution in [3.05, 3.63) is 29.8 Å². The van der Waals surface area contributed by atoms with Crippen molar-refractivity contribution in [3.63, 3.8) is 0 Å². The molecule has 1 aromatic rings. The average molecular weight is 398 g/mol. The minimum atomic E-state index is -3.55. The lowest BCUT2D eigenvalue weighted by atomic mass is 9.73. The van der Waals surface area contributed by atoms with Crippen LogP contribution in [0.3, 0.4) is 0 Å². The van der Waals surface area contributed by atoms with Crippen molar-refractivity contribution in [2.75, 3.05) is 7.05 Å². The van der Waals surface area contributed by atoms with Gasteiger partial charge in [0, 0.05) is 5.41 Å². The molecule has 2 amide bonds. The minimum absolute atomic E-state index is 0.0570. The fraction of sp³-hybridized carbons (Fsp3) is 0.438. The van der Waals surface area contributed by atoms with Crippen molar-refractivity contribution in [2.24, 2.45) is 10.5 Å². The van der Waals surface area contributed by atoms with Gasteiger partial charge in [-0.15, -0.1) is 0 Å². The van der Waals surface area contributed by atoms with Crippen LogP contribution in [0.2, 0.25) is 0 Å². The molecule has 148 valence electrons. The van der Waals surface area contributed by atoms with Crippen molar-refractivity contribution in [2.45, 2.75) is 37.6 Å². The van der Waals surface area contributed by atoms with E-state index in [1.165, 1.54) is 26.1 Å². The molecular weight excluding hydrogens is 376 g/mol. The zero-order valence-electron chi connectivity index (χ0n) is 15.3. The molecule has 27 heavy (non-hydrogen) atoms. The first-order valence-electron chi connectivity index (χ1n) is 8.00. The summed E-state index contributed by atoms with van der Waals surface area (Å²) in [4.78, 5) is 23.5. The SMILES string of the molecule is CNS(=O)(=O)c1ccc(CC(C)(C)C2=NNC(=O)C2(C)N(O)C(=O)O)cc1. The van der Waals surface area contributed by atoms with Gasteiger partial charge in [-0.05, 0) is 38.1 Å². The van der Waals surface area contributed by atoms with E-state index in [9.17, 15) is 23.2 Å². The van der Waals surface area contributed by atoms with Crippen LogP contribution >= 0.6 is 0 Å². The Morgan fingerprint density at radius 2 is 1.89 bits per heavy atom. The molecule has 1 aromatic carbocycles. The Balaban J connectivity index is 2.33. The van der Waals surface area contributed by atoms with Gasteiger partial charge < -0.3 is 5.11 Å². The lowest BCUT2D eigenvalue weighted by Gasteiger charge is -2.36. The molecule has 2 rings (SSSR count). The predicted octanol–water partition coefficient (Wildman–Crippen LogP) is 0.777. The van der Waals surface area contributed by atoms with Crippen LogP contribution in [0, 0.1) is 5.41 Å². The zero-order valence-corrected chi connectivity index (χ0v) is 16.2. The Labute approximate surface area is 156 Å². The number of nitrogens with one attached hydrogen (secondary N) is 2. The van der Waals surface area contributed by atoms with Crippen LogP contribution in [0.4, 0.5) is 4.79 Å². The molecule has 0 spiro atoms. The van der Waals surface area contributed by atoms with Gasteiger partial charge in [-0.1, -0.05) is 26.0 Å². The van der Waals surface area contributed by atoms with Crippen LogP contribution in [0.1, 0.15) is 26.3 Å². The molecule has 0 fully saturated rings. The molecule has 0 aromatic heterocycles. The summed E-state index contributed by atoms with van der Waals surface area (Å²) in [5.41, 5.74) is 0.424. The maximum atomic E-state index is 12.2. The number of carboxylic acid groups (broad SMARTS) is 1. The summed E-state index contributed by atoms with van der Waals surface area (Å²) in [5, 5.41) is 22.9.